The number of rotatable bonds is 12. The second-order valence-electron chi connectivity index (χ2n) is 10.7. The second-order valence-corrected chi connectivity index (χ2v) is 11.7. The van der Waals surface area contributed by atoms with Crippen LogP contribution in [0.1, 0.15) is 33.5 Å². The number of hydrogen-bond donors (Lipinski definition) is 1. The van der Waals surface area contributed by atoms with Crippen molar-refractivity contribution in [2.75, 3.05) is 16.9 Å². The van der Waals surface area contributed by atoms with Crippen LogP contribution in [0.3, 0.4) is 0 Å². The molecule has 5 aromatic rings. The van der Waals surface area contributed by atoms with E-state index in [1.54, 1.807) is 0 Å². The molecule has 218 valence electrons. The minimum Gasteiger partial charge on any atom is -0.548 e. The van der Waals surface area contributed by atoms with E-state index in [0.717, 1.165) is 27.9 Å². The third-order valence-electron chi connectivity index (χ3n) is 7.65. The number of aryl methyl sites for hydroxylation is 1. The van der Waals surface area contributed by atoms with Crippen LogP contribution in [0.2, 0.25) is 0 Å². The number of thioether (sulfide) groups is 1. The summed E-state index contributed by atoms with van der Waals surface area (Å²) in [7, 11) is 0. The fourth-order valence-electron chi connectivity index (χ4n) is 5.36. The zero-order valence-corrected chi connectivity index (χ0v) is 26.3. The molecule has 0 bridgehead atoms. The molecule has 0 heterocycles. The summed E-state index contributed by atoms with van der Waals surface area (Å²) in [5, 5.41) is 16.9. The van der Waals surface area contributed by atoms with Gasteiger partial charge >= 0.3 is 18.9 Å². The van der Waals surface area contributed by atoms with Crippen LogP contribution in [0.4, 0.5) is 5.69 Å². The normalized spacial score (nSPS) is 11.4. The summed E-state index contributed by atoms with van der Waals surface area (Å²) in [6.07, 6.45) is 2.20. The number of carboxylic acids is 1. The Bertz CT molecular complexity index is 1730. The van der Waals surface area contributed by atoms with Gasteiger partial charge in [0, 0.05) is 24.3 Å². The molecule has 0 saturated heterocycles. The molecular formula is C37H35LiN2O3S. The summed E-state index contributed by atoms with van der Waals surface area (Å²) in [4.78, 5) is 27.6. The van der Waals surface area contributed by atoms with Crippen LogP contribution < -0.4 is 34.2 Å². The Morgan fingerprint density at radius 2 is 1.41 bits per heavy atom. The summed E-state index contributed by atoms with van der Waals surface area (Å²) < 4.78 is 0. The van der Waals surface area contributed by atoms with Crippen LogP contribution in [0, 0.1) is 6.92 Å². The molecule has 7 heteroatoms. The van der Waals surface area contributed by atoms with Crippen molar-refractivity contribution in [3.8, 4) is 11.1 Å². The van der Waals surface area contributed by atoms with E-state index in [1.807, 2.05) is 67.8 Å². The standard InChI is InChI=1S/C37H36N2O3S.Li/c1-26-10-6-9-15-32(26)34-23-28(17-19-33(34)36(40)38-35(37(41)42)20-21-43-2)25-39(31-13-4-3-5-14-31)24-27-16-18-29-11-7-8-12-30(29)22-27;/h3-19,22-23,35H,20-21,24-25H2,1-2H3,(H,38,40)(H,41,42);/q;+1/p-1/t35-;/m0./s1. The molecule has 0 spiro atoms. The Hall–Kier alpha value is -3.95. The maximum atomic E-state index is 13.5. The Kier molecular flexibility index (Phi) is 11.7. The van der Waals surface area contributed by atoms with E-state index >= 15 is 0 Å². The smallest absolute Gasteiger partial charge is 0.548 e. The predicted octanol–water partition coefficient (Wildman–Crippen LogP) is 3.63. The van der Waals surface area contributed by atoms with Gasteiger partial charge in [0.15, 0.2) is 0 Å². The number of aliphatic carboxylic acids is 1. The first-order chi connectivity index (χ1) is 20.9. The molecule has 5 rings (SSSR count). The number of hydrogen-bond acceptors (Lipinski definition) is 5. The number of benzene rings is 5. The fraction of sp³-hybridized carbons (Fsp3) is 0.189. The average molecular weight is 595 g/mol. The molecular weight excluding hydrogens is 559 g/mol. The van der Waals surface area contributed by atoms with Crippen LogP contribution in [0.5, 0.6) is 0 Å². The van der Waals surface area contributed by atoms with Gasteiger partial charge in [0.2, 0.25) is 0 Å². The van der Waals surface area contributed by atoms with Gasteiger partial charge in [-0.1, -0.05) is 84.9 Å². The fourth-order valence-corrected chi connectivity index (χ4v) is 5.83. The number of para-hydroxylation sites is 1. The summed E-state index contributed by atoms with van der Waals surface area (Å²) in [5.74, 6) is -1.09. The molecule has 1 amide bonds. The molecule has 0 fully saturated rings. The molecule has 0 saturated carbocycles. The molecule has 5 aromatic carbocycles. The van der Waals surface area contributed by atoms with Crippen molar-refractivity contribution in [2.24, 2.45) is 0 Å². The van der Waals surface area contributed by atoms with Gasteiger partial charge in [-0.2, -0.15) is 11.8 Å². The van der Waals surface area contributed by atoms with Crippen molar-refractivity contribution in [3.05, 3.63) is 138 Å². The minimum atomic E-state index is -1.27. The zero-order valence-electron chi connectivity index (χ0n) is 25.5. The van der Waals surface area contributed by atoms with Crippen LogP contribution >= 0.6 is 11.8 Å². The van der Waals surface area contributed by atoms with Gasteiger partial charge in [-0.25, -0.2) is 0 Å². The quantitative estimate of drug-likeness (QED) is 0.224. The number of fused-ring (bicyclic) bond motifs is 1. The van der Waals surface area contributed by atoms with Crippen molar-refractivity contribution in [2.45, 2.75) is 32.5 Å². The number of carbonyl (C=O) groups excluding carboxylic acids is 2. The van der Waals surface area contributed by atoms with Crippen molar-refractivity contribution in [1.82, 2.24) is 5.32 Å². The maximum Gasteiger partial charge on any atom is 1.00 e. The zero-order chi connectivity index (χ0) is 30.2. The molecule has 1 N–H and O–H groups in total. The molecule has 0 aliphatic rings. The van der Waals surface area contributed by atoms with Crippen molar-refractivity contribution in [1.29, 1.82) is 0 Å². The molecule has 0 radical (unpaired) electrons. The van der Waals surface area contributed by atoms with E-state index in [1.165, 1.54) is 28.1 Å². The second kappa shape index (κ2) is 15.7. The number of nitrogens with one attached hydrogen (secondary N) is 1. The molecule has 1 atom stereocenters. The van der Waals surface area contributed by atoms with E-state index in [4.69, 9.17) is 0 Å². The first-order valence-corrected chi connectivity index (χ1v) is 15.8. The van der Waals surface area contributed by atoms with E-state index < -0.39 is 17.9 Å². The summed E-state index contributed by atoms with van der Waals surface area (Å²) in [6, 6.07) is 38.0. The number of amides is 1. The molecule has 44 heavy (non-hydrogen) atoms. The summed E-state index contributed by atoms with van der Waals surface area (Å²) >= 11 is 1.53. The third kappa shape index (κ3) is 8.15. The van der Waals surface area contributed by atoms with Gasteiger partial charge < -0.3 is 20.1 Å². The van der Waals surface area contributed by atoms with E-state index in [-0.39, 0.29) is 18.9 Å². The Balaban J connectivity index is 0.00000442. The van der Waals surface area contributed by atoms with Gasteiger partial charge in [0.1, 0.15) is 0 Å². The van der Waals surface area contributed by atoms with Crippen molar-refractivity contribution in [3.63, 3.8) is 0 Å². The Labute approximate surface area is 275 Å². The Morgan fingerprint density at radius 3 is 2.11 bits per heavy atom. The van der Waals surface area contributed by atoms with Gasteiger partial charge in [0.05, 0.1) is 12.0 Å². The molecule has 0 aliphatic heterocycles. The number of carboxylic acid groups (broad SMARTS) is 1. The molecule has 0 unspecified atom stereocenters. The van der Waals surface area contributed by atoms with E-state index in [2.05, 4.69) is 70.9 Å². The average Bonchev–Trinajstić information content (AvgIpc) is 3.03. The van der Waals surface area contributed by atoms with Crippen LogP contribution in [-0.4, -0.2) is 29.9 Å². The van der Waals surface area contributed by atoms with E-state index in [9.17, 15) is 14.7 Å². The summed E-state index contributed by atoms with van der Waals surface area (Å²) in [6.45, 7) is 3.34. The Morgan fingerprint density at radius 1 is 0.773 bits per heavy atom. The molecule has 0 aromatic heterocycles. The number of carbonyl (C=O) groups is 2. The first kappa shape index (κ1) is 33.0. The third-order valence-corrected chi connectivity index (χ3v) is 8.29. The van der Waals surface area contributed by atoms with Gasteiger partial charge in [-0.3, -0.25) is 4.79 Å². The van der Waals surface area contributed by atoms with Gasteiger partial charge in [0.25, 0.3) is 5.91 Å². The molecule has 0 aliphatic carbocycles. The maximum absolute atomic E-state index is 13.5. The number of nitrogens with zero attached hydrogens (tertiary/aromatic N) is 1. The SMILES string of the molecule is CSCC[C@H](NC(=O)c1ccc(CN(Cc2ccc3ccccc3c2)c2ccccc2)cc1-c1ccccc1C)C(=O)[O-].[Li+]. The van der Waals surface area contributed by atoms with Crippen LogP contribution in [-0.2, 0) is 17.9 Å². The largest absolute Gasteiger partial charge is 1.00 e. The van der Waals surface area contributed by atoms with Gasteiger partial charge in [-0.05, 0) is 94.3 Å². The van der Waals surface area contributed by atoms with Crippen LogP contribution in [0.15, 0.2) is 115 Å². The topological polar surface area (TPSA) is 72.5 Å². The minimum absolute atomic E-state index is 0. The number of anilines is 1. The predicted molar refractivity (Wildman–Crippen MR) is 176 cm³/mol. The van der Waals surface area contributed by atoms with Crippen molar-refractivity contribution >= 4 is 40.1 Å². The molecule has 5 nitrogen and oxygen atoms in total. The summed E-state index contributed by atoms with van der Waals surface area (Å²) in [5.41, 5.74) is 6.52. The van der Waals surface area contributed by atoms with Crippen molar-refractivity contribution < 1.29 is 33.6 Å². The monoisotopic (exact) mass is 594 g/mol. The van der Waals surface area contributed by atoms with Gasteiger partial charge in [-0.15, -0.1) is 0 Å². The first-order valence-electron chi connectivity index (χ1n) is 14.4. The van der Waals surface area contributed by atoms with E-state index in [0.29, 0.717) is 30.8 Å². The van der Waals surface area contributed by atoms with Crippen LogP contribution in [0.25, 0.3) is 21.9 Å².